The van der Waals surface area contributed by atoms with Crippen molar-refractivity contribution < 1.29 is 19.5 Å². The Kier molecular flexibility index (Phi) is 7.37. The summed E-state index contributed by atoms with van der Waals surface area (Å²) < 4.78 is 1.46. The Morgan fingerprint density at radius 3 is 2.49 bits per heavy atom. The van der Waals surface area contributed by atoms with Crippen molar-refractivity contribution in [3.05, 3.63) is 58.9 Å². The Hall–Kier alpha value is -3.43. The number of carboxylic acids is 1. The zero-order valence-corrected chi connectivity index (χ0v) is 20.4. The lowest BCUT2D eigenvalue weighted by Gasteiger charge is -2.34. The molecule has 4 rings (SSSR count). The van der Waals surface area contributed by atoms with Crippen molar-refractivity contribution in [2.24, 2.45) is 0 Å². The van der Waals surface area contributed by atoms with Crippen molar-refractivity contribution in [3.63, 3.8) is 0 Å². The summed E-state index contributed by atoms with van der Waals surface area (Å²) in [6, 6.07) is 10.3. The average molecular weight is 498 g/mol. The second kappa shape index (κ2) is 10.5. The van der Waals surface area contributed by atoms with Gasteiger partial charge in [0, 0.05) is 36.8 Å². The number of para-hydroxylation sites is 1. The van der Waals surface area contributed by atoms with Crippen LogP contribution < -0.4 is 10.6 Å². The van der Waals surface area contributed by atoms with Crippen LogP contribution in [0.1, 0.15) is 47.5 Å². The number of aromatic carboxylic acids is 1. The summed E-state index contributed by atoms with van der Waals surface area (Å²) in [7, 11) is 0. The molecule has 0 atom stereocenters. The van der Waals surface area contributed by atoms with Gasteiger partial charge in [-0.25, -0.2) is 9.78 Å². The Balaban J connectivity index is 1.63. The lowest BCUT2D eigenvalue weighted by atomic mass is 10.0. The second-order valence-corrected chi connectivity index (χ2v) is 9.36. The third-order valence-corrected chi connectivity index (χ3v) is 6.52. The number of aromatic nitrogens is 2. The summed E-state index contributed by atoms with van der Waals surface area (Å²) in [5, 5.41) is 16.5. The maximum Gasteiger partial charge on any atom is 0.338 e. The van der Waals surface area contributed by atoms with Crippen molar-refractivity contribution in [3.8, 4) is 0 Å². The Labute approximate surface area is 208 Å². The third kappa shape index (κ3) is 5.47. The quantitative estimate of drug-likeness (QED) is 0.459. The fraction of sp³-hybridized carbons (Fsp3) is 0.360. The first-order chi connectivity index (χ1) is 16.7. The number of carbonyl (C=O) groups excluding carboxylic acids is 2. The van der Waals surface area contributed by atoms with Crippen LogP contribution in [0.4, 0.5) is 5.82 Å². The van der Waals surface area contributed by atoms with Gasteiger partial charge in [0.05, 0.1) is 16.1 Å². The SMILES string of the molecule is CC(C)N1CCC(NC(=O)c2c(C(=O)O)c3ccccc3n2CC(=O)Nc2ccc(Cl)cn2)CC1. The van der Waals surface area contributed by atoms with E-state index in [1.807, 2.05) is 0 Å². The lowest BCUT2D eigenvalue weighted by Crippen LogP contribution is -2.47. The molecule has 1 fully saturated rings. The van der Waals surface area contributed by atoms with Crippen LogP contribution >= 0.6 is 11.6 Å². The van der Waals surface area contributed by atoms with Crippen molar-refractivity contribution >= 4 is 46.1 Å². The number of piperidine rings is 1. The number of hydrogen-bond donors (Lipinski definition) is 3. The van der Waals surface area contributed by atoms with Gasteiger partial charge >= 0.3 is 5.97 Å². The summed E-state index contributed by atoms with van der Waals surface area (Å²) in [6.45, 7) is 5.73. The molecule has 0 unspecified atom stereocenters. The predicted octanol–water partition coefficient (Wildman–Crippen LogP) is 3.63. The van der Waals surface area contributed by atoms with Crippen molar-refractivity contribution in [1.29, 1.82) is 0 Å². The number of anilines is 1. The fourth-order valence-corrected chi connectivity index (χ4v) is 4.62. The Morgan fingerprint density at radius 2 is 1.86 bits per heavy atom. The number of pyridine rings is 1. The highest BCUT2D eigenvalue weighted by Gasteiger charge is 2.30. The number of amides is 2. The summed E-state index contributed by atoms with van der Waals surface area (Å²) in [6.07, 6.45) is 2.96. The number of halogens is 1. The van der Waals surface area contributed by atoms with Gasteiger partial charge in [-0.05, 0) is 44.9 Å². The second-order valence-electron chi connectivity index (χ2n) is 8.92. The molecular formula is C25H28ClN5O4. The molecule has 3 heterocycles. The highest BCUT2D eigenvalue weighted by atomic mass is 35.5. The number of rotatable bonds is 7. The molecule has 0 radical (unpaired) electrons. The van der Waals surface area contributed by atoms with Crippen molar-refractivity contribution in [2.45, 2.75) is 45.3 Å². The van der Waals surface area contributed by atoms with Crippen LogP contribution in [0.15, 0.2) is 42.6 Å². The van der Waals surface area contributed by atoms with Gasteiger partial charge in [0.15, 0.2) is 0 Å². The van der Waals surface area contributed by atoms with E-state index < -0.39 is 17.8 Å². The minimum Gasteiger partial charge on any atom is -0.478 e. The van der Waals surface area contributed by atoms with Gasteiger partial charge in [0.2, 0.25) is 5.91 Å². The van der Waals surface area contributed by atoms with Crippen LogP contribution in [0.25, 0.3) is 10.9 Å². The largest absolute Gasteiger partial charge is 0.478 e. The summed E-state index contributed by atoms with van der Waals surface area (Å²) >= 11 is 5.85. The third-order valence-electron chi connectivity index (χ3n) is 6.29. The summed E-state index contributed by atoms with van der Waals surface area (Å²) in [5.41, 5.74) is 0.336. The van der Waals surface area contributed by atoms with E-state index in [4.69, 9.17) is 11.6 Å². The number of hydrogen-bond acceptors (Lipinski definition) is 5. The van der Waals surface area contributed by atoms with Gasteiger partial charge in [-0.1, -0.05) is 29.8 Å². The van der Waals surface area contributed by atoms with Crippen LogP contribution in [0.5, 0.6) is 0 Å². The van der Waals surface area contributed by atoms with E-state index in [9.17, 15) is 19.5 Å². The molecule has 0 saturated carbocycles. The minimum absolute atomic E-state index is 0.0378. The van der Waals surface area contributed by atoms with Gasteiger partial charge in [0.25, 0.3) is 5.91 Å². The number of fused-ring (bicyclic) bond motifs is 1. The van der Waals surface area contributed by atoms with Crippen molar-refractivity contribution in [1.82, 2.24) is 19.8 Å². The fourth-order valence-electron chi connectivity index (χ4n) is 4.51. The first-order valence-electron chi connectivity index (χ1n) is 11.6. The molecule has 0 spiro atoms. The zero-order chi connectivity index (χ0) is 25.1. The molecule has 1 saturated heterocycles. The number of carboxylic acid groups (broad SMARTS) is 1. The van der Waals surface area contributed by atoms with Crippen LogP contribution in [0, 0.1) is 0 Å². The molecule has 3 aromatic rings. The van der Waals surface area contributed by atoms with E-state index in [0.717, 1.165) is 25.9 Å². The standard InChI is InChI=1S/C25H28ClN5O4/c1-15(2)30-11-9-17(10-12-30)28-24(33)23-22(25(34)35)18-5-3-4-6-19(18)31(23)14-21(32)29-20-8-7-16(26)13-27-20/h3-8,13,15,17H,9-12,14H2,1-2H3,(H,28,33)(H,34,35)(H,27,29,32). The minimum atomic E-state index is -1.22. The molecule has 0 bridgehead atoms. The maximum absolute atomic E-state index is 13.5. The van der Waals surface area contributed by atoms with Crippen LogP contribution in [-0.2, 0) is 11.3 Å². The molecular weight excluding hydrogens is 470 g/mol. The monoisotopic (exact) mass is 497 g/mol. The van der Waals surface area contributed by atoms with Crippen LogP contribution in [-0.4, -0.2) is 62.5 Å². The van der Waals surface area contributed by atoms with Gasteiger partial charge in [-0.15, -0.1) is 0 Å². The molecule has 184 valence electrons. The molecule has 1 aromatic carbocycles. The number of likely N-dealkylation sites (tertiary alicyclic amines) is 1. The van der Waals surface area contributed by atoms with Crippen molar-refractivity contribution in [2.75, 3.05) is 18.4 Å². The Morgan fingerprint density at radius 1 is 1.14 bits per heavy atom. The molecule has 9 nitrogen and oxygen atoms in total. The molecule has 1 aliphatic rings. The Bertz CT molecular complexity index is 1250. The molecule has 10 heteroatoms. The van der Waals surface area contributed by atoms with Crippen LogP contribution in [0.3, 0.4) is 0 Å². The highest BCUT2D eigenvalue weighted by molar-refractivity contribution is 6.30. The maximum atomic E-state index is 13.5. The molecule has 2 amide bonds. The average Bonchev–Trinajstić information content (AvgIpc) is 3.15. The summed E-state index contributed by atoms with van der Waals surface area (Å²) in [5.74, 6) is -1.87. The van der Waals surface area contributed by atoms with E-state index in [-0.39, 0.29) is 23.8 Å². The number of benzene rings is 1. The molecule has 2 aromatic heterocycles. The van der Waals surface area contributed by atoms with E-state index in [0.29, 0.717) is 27.8 Å². The van der Waals surface area contributed by atoms with Gasteiger partial charge < -0.3 is 25.2 Å². The van der Waals surface area contributed by atoms with Crippen LogP contribution in [0.2, 0.25) is 5.02 Å². The normalized spacial score (nSPS) is 14.9. The van der Waals surface area contributed by atoms with E-state index in [1.165, 1.54) is 10.8 Å². The molecule has 35 heavy (non-hydrogen) atoms. The molecule has 0 aliphatic carbocycles. The first kappa shape index (κ1) is 24.7. The van der Waals surface area contributed by atoms with E-state index >= 15 is 0 Å². The molecule has 1 aliphatic heterocycles. The predicted molar refractivity (Wildman–Crippen MR) is 134 cm³/mol. The van der Waals surface area contributed by atoms with Gasteiger partial charge in [-0.2, -0.15) is 0 Å². The highest BCUT2D eigenvalue weighted by Crippen LogP contribution is 2.27. The zero-order valence-electron chi connectivity index (χ0n) is 19.6. The lowest BCUT2D eigenvalue weighted by molar-refractivity contribution is -0.116. The van der Waals surface area contributed by atoms with E-state index in [2.05, 4.69) is 34.4 Å². The number of nitrogens with one attached hydrogen (secondary N) is 2. The first-order valence-corrected chi connectivity index (χ1v) is 11.9. The van der Waals surface area contributed by atoms with E-state index in [1.54, 1.807) is 36.4 Å². The van der Waals surface area contributed by atoms with Gasteiger partial charge in [-0.3, -0.25) is 9.59 Å². The number of carbonyl (C=O) groups is 3. The smallest absolute Gasteiger partial charge is 0.338 e. The van der Waals surface area contributed by atoms with Gasteiger partial charge in [0.1, 0.15) is 18.1 Å². The summed E-state index contributed by atoms with van der Waals surface area (Å²) in [4.78, 5) is 45.0. The topological polar surface area (TPSA) is 117 Å². The number of nitrogens with zero attached hydrogens (tertiary/aromatic N) is 3. The molecule has 3 N–H and O–H groups in total.